The van der Waals surface area contributed by atoms with E-state index < -0.39 is 5.82 Å². The molecule has 0 spiro atoms. The van der Waals surface area contributed by atoms with Crippen LogP contribution in [-0.2, 0) is 0 Å². The molecule has 10 heteroatoms. The fourth-order valence-electron chi connectivity index (χ4n) is 3.39. The molecule has 28 heavy (non-hydrogen) atoms. The smallest absolute Gasteiger partial charge is 0.328 e. The lowest BCUT2D eigenvalue weighted by Crippen LogP contribution is -2.22. The van der Waals surface area contributed by atoms with Crippen LogP contribution in [0.5, 0.6) is 0 Å². The van der Waals surface area contributed by atoms with Crippen LogP contribution in [0.15, 0.2) is 29.3 Å². The van der Waals surface area contributed by atoms with Crippen molar-refractivity contribution < 1.29 is 9.50 Å². The molecule has 0 aliphatic heterocycles. The number of aromatic amines is 1. The van der Waals surface area contributed by atoms with E-state index in [1.807, 2.05) is 6.92 Å². The van der Waals surface area contributed by atoms with Crippen LogP contribution >= 0.6 is 11.6 Å². The summed E-state index contributed by atoms with van der Waals surface area (Å²) >= 11 is 6.32. The van der Waals surface area contributed by atoms with Crippen molar-refractivity contribution in [2.45, 2.75) is 32.2 Å². The number of hydrogen-bond donors (Lipinski definition) is 2. The van der Waals surface area contributed by atoms with Crippen LogP contribution in [0, 0.1) is 5.82 Å². The van der Waals surface area contributed by atoms with E-state index in [-0.39, 0.29) is 29.4 Å². The Hall–Kier alpha value is -2.78. The number of rotatable bonds is 6. The number of nitrogens with one attached hydrogen (secondary N) is 1. The van der Waals surface area contributed by atoms with Crippen molar-refractivity contribution in [1.29, 1.82) is 0 Å². The third-order valence-corrected chi connectivity index (χ3v) is 5.04. The van der Waals surface area contributed by atoms with Crippen LogP contribution in [0.3, 0.4) is 0 Å². The Morgan fingerprint density at radius 1 is 1.36 bits per heavy atom. The summed E-state index contributed by atoms with van der Waals surface area (Å²) in [5.41, 5.74) is 1.44. The fourth-order valence-corrected chi connectivity index (χ4v) is 3.59. The largest absolute Gasteiger partial charge is 0.396 e. The minimum atomic E-state index is -0.407. The normalized spacial score (nSPS) is 12.9. The highest BCUT2D eigenvalue weighted by molar-refractivity contribution is 6.33. The number of aliphatic hydroxyl groups is 1. The van der Waals surface area contributed by atoms with Crippen LogP contribution < -0.4 is 5.69 Å². The van der Waals surface area contributed by atoms with Gasteiger partial charge in [0.25, 0.3) is 0 Å². The summed E-state index contributed by atoms with van der Waals surface area (Å²) in [4.78, 5) is 28.3. The summed E-state index contributed by atoms with van der Waals surface area (Å²) in [6.07, 6.45) is 3.35. The zero-order valence-corrected chi connectivity index (χ0v) is 15.8. The van der Waals surface area contributed by atoms with Gasteiger partial charge in [0.1, 0.15) is 17.7 Å². The number of H-pyrrole nitrogens is 1. The maximum absolute atomic E-state index is 13.7. The first-order valence-corrected chi connectivity index (χ1v) is 9.32. The lowest BCUT2D eigenvalue weighted by Gasteiger charge is -2.16. The molecule has 0 amide bonds. The van der Waals surface area contributed by atoms with E-state index in [2.05, 4.69) is 19.9 Å². The number of aromatic nitrogens is 6. The second kappa shape index (κ2) is 7.33. The van der Waals surface area contributed by atoms with Gasteiger partial charge < -0.3 is 10.1 Å². The van der Waals surface area contributed by atoms with Crippen LogP contribution in [0.2, 0.25) is 5.15 Å². The highest BCUT2D eigenvalue weighted by Crippen LogP contribution is 2.26. The van der Waals surface area contributed by atoms with Gasteiger partial charge in [-0.05, 0) is 31.4 Å². The molecule has 1 aromatic carbocycles. The maximum Gasteiger partial charge on any atom is 0.328 e. The third kappa shape index (κ3) is 3.06. The molecule has 0 aliphatic rings. The van der Waals surface area contributed by atoms with Gasteiger partial charge in [0, 0.05) is 18.7 Å². The molecule has 4 aromatic rings. The Balaban J connectivity index is 1.93. The minimum absolute atomic E-state index is 0.0428. The lowest BCUT2D eigenvalue weighted by atomic mass is 10.1. The third-order valence-electron chi connectivity index (χ3n) is 4.77. The Labute approximate surface area is 163 Å². The Kier molecular flexibility index (Phi) is 4.86. The monoisotopic (exact) mass is 404 g/mol. The number of nitrogens with zero attached hydrogens (tertiary/aromatic N) is 5. The molecule has 146 valence electrons. The predicted molar refractivity (Wildman–Crippen MR) is 103 cm³/mol. The SMILES string of the molecule is CCC(CCCO)n1c(=O)[nH]c2c(Cl)nc(-n3cnc4ccc(F)cc43)nc21. The number of hydrogen-bond acceptors (Lipinski definition) is 5. The minimum Gasteiger partial charge on any atom is -0.396 e. The molecule has 1 atom stereocenters. The molecule has 8 nitrogen and oxygen atoms in total. The number of benzene rings is 1. The van der Waals surface area contributed by atoms with Crippen LogP contribution in [0.1, 0.15) is 32.2 Å². The molecule has 0 radical (unpaired) electrons. The van der Waals surface area contributed by atoms with Crippen molar-refractivity contribution in [2.24, 2.45) is 0 Å². The quantitative estimate of drug-likeness (QED) is 0.481. The van der Waals surface area contributed by atoms with Crippen molar-refractivity contribution in [2.75, 3.05) is 6.61 Å². The summed E-state index contributed by atoms with van der Waals surface area (Å²) in [5, 5.41) is 9.23. The molecule has 3 aromatic heterocycles. The molecule has 0 fully saturated rings. The molecule has 0 bridgehead atoms. The first-order chi connectivity index (χ1) is 13.5. The number of fused-ring (bicyclic) bond motifs is 2. The standard InChI is InChI=1S/C18H18ClFN6O2/c1-2-11(4-3-7-27)26-16-14(22-18(26)28)15(19)23-17(24-16)25-9-21-12-6-5-10(20)8-13(12)25/h5-6,8-9,11,27H,2-4,7H2,1H3,(H,22,28). The van der Waals surface area contributed by atoms with Crippen LogP contribution in [0.4, 0.5) is 4.39 Å². The van der Waals surface area contributed by atoms with Crippen molar-refractivity contribution in [1.82, 2.24) is 29.1 Å². The molecule has 1 unspecified atom stereocenters. The van der Waals surface area contributed by atoms with E-state index >= 15 is 0 Å². The molecule has 2 N–H and O–H groups in total. The van der Waals surface area contributed by atoms with E-state index in [1.54, 1.807) is 10.6 Å². The van der Waals surface area contributed by atoms with E-state index in [9.17, 15) is 9.18 Å². The zero-order chi connectivity index (χ0) is 19.8. The highest BCUT2D eigenvalue weighted by Gasteiger charge is 2.21. The Morgan fingerprint density at radius 3 is 2.93 bits per heavy atom. The molecular weight excluding hydrogens is 387 g/mol. The fraction of sp³-hybridized carbons (Fsp3) is 0.333. The van der Waals surface area contributed by atoms with E-state index in [0.717, 1.165) is 0 Å². The average Bonchev–Trinajstić information content (AvgIpc) is 3.23. The summed E-state index contributed by atoms with van der Waals surface area (Å²) in [6, 6.07) is 4.08. The second-order valence-electron chi connectivity index (χ2n) is 6.49. The molecular formula is C18H18ClFN6O2. The van der Waals surface area contributed by atoms with Crippen LogP contribution in [0.25, 0.3) is 28.1 Å². The summed E-state index contributed by atoms with van der Waals surface area (Å²) in [5.74, 6) is -0.217. The molecule has 0 aliphatic carbocycles. The van der Waals surface area contributed by atoms with Crippen molar-refractivity contribution in [3.63, 3.8) is 0 Å². The van der Waals surface area contributed by atoms with Gasteiger partial charge in [0.2, 0.25) is 5.95 Å². The van der Waals surface area contributed by atoms with Crippen molar-refractivity contribution in [3.8, 4) is 5.95 Å². The lowest BCUT2D eigenvalue weighted by molar-refractivity contribution is 0.269. The molecule has 3 heterocycles. The number of halogens is 2. The summed E-state index contributed by atoms with van der Waals surface area (Å²) in [6.45, 7) is 2.00. The van der Waals surface area contributed by atoms with E-state index in [0.29, 0.717) is 41.5 Å². The average molecular weight is 405 g/mol. The van der Waals surface area contributed by atoms with Gasteiger partial charge in [-0.25, -0.2) is 14.2 Å². The van der Waals surface area contributed by atoms with E-state index in [4.69, 9.17) is 16.7 Å². The molecule has 0 saturated heterocycles. The van der Waals surface area contributed by atoms with Crippen LogP contribution in [-0.4, -0.2) is 40.8 Å². The van der Waals surface area contributed by atoms with Gasteiger partial charge >= 0.3 is 5.69 Å². The summed E-state index contributed by atoms with van der Waals surface area (Å²) in [7, 11) is 0. The maximum atomic E-state index is 13.7. The first-order valence-electron chi connectivity index (χ1n) is 8.95. The first kappa shape index (κ1) is 18.6. The van der Waals surface area contributed by atoms with Crippen molar-refractivity contribution in [3.05, 3.63) is 46.0 Å². The van der Waals surface area contributed by atoms with Gasteiger partial charge in [-0.2, -0.15) is 9.97 Å². The predicted octanol–water partition coefficient (Wildman–Crippen LogP) is 2.97. The topological polar surface area (TPSA) is 102 Å². The van der Waals surface area contributed by atoms with Gasteiger partial charge in [-0.1, -0.05) is 18.5 Å². The summed E-state index contributed by atoms with van der Waals surface area (Å²) < 4.78 is 16.8. The Morgan fingerprint density at radius 2 is 2.18 bits per heavy atom. The van der Waals surface area contributed by atoms with Gasteiger partial charge in [-0.15, -0.1) is 0 Å². The second-order valence-corrected chi connectivity index (χ2v) is 6.85. The molecule has 0 saturated carbocycles. The molecule has 4 rings (SSSR count). The van der Waals surface area contributed by atoms with E-state index in [1.165, 1.54) is 23.0 Å². The van der Waals surface area contributed by atoms with Gasteiger partial charge in [0.05, 0.1) is 11.0 Å². The van der Waals surface area contributed by atoms with Gasteiger partial charge in [0.15, 0.2) is 10.8 Å². The number of aliphatic hydroxyl groups excluding tert-OH is 1. The van der Waals surface area contributed by atoms with Crippen molar-refractivity contribution >= 4 is 33.8 Å². The van der Waals surface area contributed by atoms with Gasteiger partial charge in [-0.3, -0.25) is 9.13 Å². The zero-order valence-electron chi connectivity index (χ0n) is 15.1. The Bertz CT molecular complexity index is 1210. The highest BCUT2D eigenvalue weighted by atomic mass is 35.5. The number of imidazole rings is 2.